The molecule has 2 rings (SSSR count). The molecule has 4 nitrogen and oxygen atoms in total. The second-order valence-electron chi connectivity index (χ2n) is 4.10. The van der Waals surface area contributed by atoms with Crippen molar-refractivity contribution in [3.05, 3.63) is 11.7 Å². The zero-order valence-electron chi connectivity index (χ0n) is 10.3. The smallest absolute Gasteiger partial charge is 0.243 e. The Kier molecular flexibility index (Phi) is 5.18. The van der Waals surface area contributed by atoms with Gasteiger partial charge in [-0.2, -0.15) is 16.7 Å². The molecule has 0 amide bonds. The van der Waals surface area contributed by atoms with E-state index in [1.54, 1.807) is 0 Å². The Hall–Kier alpha value is -0.200. The van der Waals surface area contributed by atoms with Crippen LogP contribution in [0.25, 0.3) is 0 Å². The molecule has 2 heterocycles. The molecule has 96 valence electrons. The summed E-state index contributed by atoms with van der Waals surface area (Å²) in [6, 6.07) is 0.150. The third-order valence-electron chi connectivity index (χ3n) is 2.63. The number of aromatic nitrogens is 2. The van der Waals surface area contributed by atoms with E-state index in [1.807, 2.05) is 23.5 Å². The molecule has 6 heteroatoms. The lowest BCUT2D eigenvalue weighted by molar-refractivity contribution is 0.337. The first-order chi connectivity index (χ1) is 8.31. The Morgan fingerprint density at radius 3 is 3.12 bits per heavy atom. The number of rotatable bonds is 5. The van der Waals surface area contributed by atoms with Crippen LogP contribution in [0.1, 0.15) is 43.3 Å². The molecule has 1 fully saturated rings. The number of hydrogen-bond donors (Lipinski definition) is 1. The predicted octanol–water partition coefficient (Wildman–Crippen LogP) is 2.65. The Labute approximate surface area is 111 Å². The van der Waals surface area contributed by atoms with Crippen molar-refractivity contribution in [2.75, 3.05) is 23.8 Å². The van der Waals surface area contributed by atoms with Crippen molar-refractivity contribution >= 4 is 23.5 Å². The van der Waals surface area contributed by atoms with Gasteiger partial charge in [0, 0.05) is 17.3 Å². The van der Waals surface area contributed by atoms with Crippen LogP contribution in [0.2, 0.25) is 0 Å². The number of thioether (sulfide) groups is 2. The fourth-order valence-corrected chi connectivity index (χ4v) is 4.23. The van der Waals surface area contributed by atoms with Crippen LogP contribution in [-0.2, 0) is 0 Å². The molecule has 1 aliphatic heterocycles. The van der Waals surface area contributed by atoms with Crippen molar-refractivity contribution in [1.82, 2.24) is 15.5 Å². The molecular weight excluding hydrogens is 254 g/mol. The first kappa shape index (κ1) is 13.2. The Morgan fingerprint density at radius 2 is 2.41 bits per heavy atom. The van der Waals surface area contributed by atoms with Crippen LogP contribution >= 0.6 is 23.5 Å². The minimum Gasteiger partial charge on any atom is -0.338 e. The van der Waals surface area contributed by atoms with Crippen molar-refractivity contribution < 1.29 is 4.52 Å². The second kappa shape index (κ2) is 6.66. The van der Waals surface area contributed by atoms with Gasteiger partial charge in [0.2, 0.25) is 5.89 Å². The predicted molar refractivity (Wildman–Crippen MR) is 73.5 cm³/mol. The maximum absolute atomic E-state index is 5.33. The Bertz CT molecular complexity index is 339. The molecule has 1 aromatic heterocycles. The van der Waals surface area contributed by atoms with Gasteiger partial charge in [-0.3, -0.25) is 0 Å². The summed E-state index contributed by atoms with van der Waals surface area (Å²) in [6.07, 6.45) is 1.11. The zero-order valence-corrected chi connectivity index (χ0v) is 11.9. The molecule has 0 bridgehead atoms. The molecule has 17 heavy (non-hydrogen) atoms. The van der Waals surface area contributed by atoms with Crippen molar-refractivity contribution in [3.8, 4) is 0 Å². The van der Waals surface area contributed by atoms with Gasteiger partial charge in [0.05, 0.1) is 11.3 Å². The monoisotopic (exact) mass is 273 g/mol. The maximum Gasteiger partial charge on any atom is 0.243 e. The van der Waals surface area contributed by atoms with E-state index in [2.05, 4.69) is 29.3 Å². The van der Waals surface area contributed by atoms with Gasteiger partial charge in [0.15, 0.2) is 5.82 Å². The minimum absolute atomic E-state index is 0.150. The highest BCUT2D eigenvalue weighted by Crippen LogP contribution is 2.35. The summed E-state index contributed by atoms with van der Waals surface area (Å²) in [5.74, 6) is 5.09. The van der Waals surface area contributed by atoms with Crippen LogP contribution in [-0.4, -0.2) is 33.9 Å². The highest BCUT2D eigenvalue weighted by Gasteiger charge is 2.23. The highest BCUT2D eigenvalue weighted by molar-refractivity contribution is 8.06. The van der Waals surface area contributed by atoms with Crippen LogP contribution in [0.4, 0.5) is 0 Å². The van der Waals surface area contributed by atoms with Gasteiger partial charge < -0.3 is 9.84 Å². The highest BCUT2D eigenvalue weighted by atomic mass is 32.2. The van der Waals surface area contributed by atoms with Crippen molar-refractivity contribution in [2.24, 2.45) is 0 Å². The zero-order chi connectivity index (χ0) is 12.1. The van der Waals surface area contributed by atoms with E-state index in [4.69, 9.17) is 4.52 Å². The van der Waals surface area contributed by atoms with Crippen LogP contribution in [0, 0.1) is 0 Å². The summed E-state index contributed by atoms with van der Waals surface area (Å²) in [4.78, 5) is 4.51. The van der Waals surface area contributed by atoms with E-state index in [9.17, 15) is 0 Å². The lowest BCUT2D eigenvalue weighted by atomic mass is 10.3. The quantitative estimate of drug-likeness (QED) is 0.890. The molecule has 0 aromatic carbocycles. The Morgan fingerprint density at radius 1 is 1.53 bits per heavy atom. The first-order valence-electron chi connectivity index (χ1n) is 6.07. The normalized spacial score (nSPS) is 22.6. The maximum atomic E-state index is 5.33. The van der Waals surface area contributed by atoms with Gasteiger partial charge in [-0.1, -0.05) is 12.1 Å². The molecule has 1 aliphatic rings. The summed E-state index contributed by atoms with van der Waals surface area (Å²) in [5, 5.41) is 7.87. The van der Waals surface area contributed by atoms with E-state index >= 15 is 0 Å². The van der Waals surface area contributed by atoms with Crippen molar-refractivity contribution in [1.29, 1.82) is 0 Å². The molecule has 1 aromatic rings. The van der Waals surface area contributed by atoms with E-state index in [1.165, 1.54) is 11.5 Å². The van der Waals surface area contributed by atoms with Gasteiger partial charge >= 0.3 is 0 Å². The lowest BCUT2D eigenvalue weighted by Crippen LogP contribution is -2.19. The fraction of sp³-hybridized carbons (Fsp3) is 0.818. The number of hydrogen-bond acceptors (Lipinski definition) is 6. The fourth-order valence-electron chi connectivity index (χ4n) is 1.64. The standard InChI is InChI=1S/C11H19N3OS2/c1-3-4-12-8(2)11-13-10(14-15-11)9-7-16-5-6-17-9/h8-9,12H,3-7H2,1-2H3. The van der Waals surface area contributed by atoms with Crippen LogP contribution in [0.5, 0.6) is 0 Å². The van der Waals surface area contributed by atoms with Crippen LogP contribution < -0.4 is 5.32 Å². The summed E-state index contributed by atoms with van der Waals surface area (Å²) < 4.78 is 5.33. The van der Waals surface area contributed by atoms with Crippen LogP contribution in [0.3, 0.4) is 0 Å². The summed E-state index contributed by atoms with van der Waals surface area (Å²) in [5.41, 5.74) is 0. The van der Waals surface area contributed by atoms with E-state index in [0.29, 0.717) is 11.1 Å². The second-order valence-corrected chi connectivity index (χ2v) is 6.56. The number of nitrogens with one attached hydrogen (secondary N) is 1. The average molecular weight is 273 g/mol. The first-order valence-corrected chi connectivity index (χ1v) is 8.27. The van der Waals surface area contributed by atoms with Crippen molar-refractivity contribution in [3.63, 3.8) is 0 Å². The molecular formula is C11H19N3OS2. The number of nitrogens with zero attached hydrogens (tertiary/aromatic N) is 2. The average Bonchev–Trinajstić information content (AvgIpc) is 2.86. The Balaban J connectivity index is 1.94. The minimum atomic E-state index is 0.150. The van der Waals surface area contributed by atoms with E-state index in [-0.39, 0.29) is 6.04 Å². The molecule has 0 aliphatic carbocycles. The van der Waals surface area contributed by atoms with Gasteiger partial charge in [-0.05, 0) is 19.9 Å². The molecule has 1 N–H and O–H groups in total. The van der Waals surface area contributed by atoms with Gasteiger partial charge in [-0.25, -0.2) is 0 Å². The molecule has 2 unspecified atom stereocenters. The molecule has 0 radical (unpaired) electrons. The lowest BCUT2D eigenvalue weighted by Gasteiger charge is -2.17. The SMILES string of the molecule is CCCNC(C)c1nc(C2CSCCS2)no1. The summed E-state index contributed by atoms with van der Waals surface area (Å²) >= 11 is 3.90. The summed E-state index contributed by atoms with van der Waals surface area (Å²) in [7, 11) is 0. The van der Waals surface area contributed by atoms with Gasteiger partial charge in [-0.15, -0.1) is 11.8 Å². The molecule has 0 saturated carbocycles. The summed E-state index contributed by atoms with van der Waals surface area (Å²) in [6.45, 7) is 5.19. The van der Waals surface area contributed by atoms with E-state index < -0.39 is 0 Å². The van der Waals surface area contributed by atoms with E-state index in [0.717, 1.165) is 24.5 Å². The van der Waals surface area contributed by atoms with Crippen molar-refractivity contribution in [2.45, 2.75) is 31.6 Å². The topological polar surface area (TPSA) is 51.0 Å². The molecule has 0 spiro atoms. The largest absolute Gasteiger partial charge is 0.338 e. The molecule has 1 saturated heterocycles. The third kappa shape index (κ3) is 3.63. The van der Waals surface area contributed by atoms with Gasteiger partial charge in [0.25, 0.3) is 0 Å². The third-order valence-corrected chi connectivity index (χ3v) is 5.38. The molecule has 2 atom stereocenters. The van der Waals surface area contributed by atoms with Gasteiger partial charge in [0.1, 0.15) is 0 Å². The van der Waals surface area contributed by atoms with Crippen LogP contribution in [0.15, 0.2) is 4.52 Å².